The molecule has 0 saturated heterocycles. The van der Waals surface area contributed by atoms with Crippen molar-refractivity contribution in [2.24, 2.45) is 0 Å². The summed E-state index contributed by atoms with van der Waals surface area (Å²) in [4.78, 5) is 16.6. The molecule has 4 nitrogen and oxygen atoms in total. The Hall–Kier alpha value is -2.14. The van der Waals surface area contributed by atoms with E-state index in [1.165, 1.54) is 5.56 Å². The summed E-state index contributed by atoms with van der Waals surface area (Å²) in [5, 5.41) is 2.91. The molecule has 1 aromatic carbocycles. The highest BCUT2D eigenvalue weighted by atomic mass is 79.9. The molecule has 0 radical (unpaired) electrons. The van der Waals surface area contributed by atoms with Crippen molar-refractivity contribution in [1.82, 2.24) is 14.7 Å². The van der Waals surface area contributed by atoms with Crippen molar-refractivity contribution >= 4 is 27.5 Å². The second-order valence-corrected chi connectivity index (χ2v) is 6.73. The van der Waals surface area contributed by atoms with Crippen LogP contribution in [0.15, 0.2) is 53.3 Å². The van der Waals surface area contributed by atoms with Gasteiger partial charge in [0.15, 0.2) is 0 Å². The fraction of sp³-hybridized carbons (Fsp3) is 0.222. The number of hydrogen-bond donors (Lipinski definition) is 1. The summed E-state index contributed by atoms with van der Waals surface area (Å²) < 4.78 is 2.77. The molecule has 23 heavy (non-hydrogen) atoms. The summed E-state index contributed by atoms with van der Waals surface area (Å²) >= 11 is 3.41. The van der Waals surface area contributed by atoms with E-state index in [9.17, 15) is 4.79 Å². The molecule has 118 valence electrons. The van der Waals surface area contributed by atoms with Gasteiger partial charge in [-0.1, -0.05) is 38.1 Å². The first kappa shape index (κ1) is 15.7. The number of aromatic nitrogens is 2. The summed E-state index contributed by atoms with van der Waals surface area (Å²) in [5.41, 5.74) is 3.54. The van der Waals surface area contributed by atoms with Crippen molar-refractivity contribution in [2.75, 3.05) is 0 Å². The molecule has 0 spiro atoms. The number of nitrogens with zero attached hydrogens (tertiary/aromatic N) is 2. The number of amides is 1. The fourth-order valence-corrected chi connectivity index (χ4v) is 2.72. The van der Waals surface area contributed by atoms with E-state index < -0.39 is 0 Å². The van der Waals surface area contributed by atoms with Crippen LogP contribution in [0.3, 0.4) is 0 Å². The Bertz CT molecular complexity index is 837. The van der Waals surface area contributed by atoms with E-state index >= 15 is 0 Å². The van der Waals surface area contributed by atoms with Gasteiger partial charge >= 0.3 is 0 Å². The number of carbonyl (C=O) groups excluding carboxylic acids is 1. The lowest BCUT2D eigenvalue weighted by Gasteiger charge is -2.07. The van der Waals surface area contributed by atoms with Gasteiger partial charge in [-0.05, 0) is 45.1 Å². The van der Waals surface area contributed by atoms with Crippen molar-refractivity contribution in [3.63, 3.8) is 0 Å². The smallest absolute Gasteiger partial charge is 0.271 e. The molecule has 0 saturated carbocycles. The third-order valence-electron chi connectivity index (χ3n) is 3.75. The Morgan fingerprint density at radius 3 is 2.61 bits per heavy atom. The first-order valence-corrected chi connectivity index (χ1v) is 8.33. The largest absolute Gasteiger partial charge is 0.347 e. The number of rotatable bonds is 4. The van der Waals surface area contributed by atoms with Crippen LogP contribution in [0.25, 0.3) is 5.65 Å². The third-order valence-corrected chi connectivity index (χ3v) is 4.22. The number of pyridine rings is 1. The summed E-state index contributed by atoms with van der Waals surface area (Å²) in [6, 6.07) is 12.1. The molecule has 0 atom stereocenters. The van der Waals surface area contributed by atoms with Gasteiger partial charge in [-0.25, -0.2) is 4.98 Å². The predicted molar refractivity (Wildman–Crippen MR) is 94.6 cm³/mol. The van der Waals surface area contributed by atoms with Crippen LogP contribution in [0.1, 0.15) is 41.4 Å². The molecule has 0 fully saturated rings. The molecular formula is C18H18BrN3O. The Balaban J connectivity index is 1.68. The SMILES string of the molecule is CC(C)c1ccc(CNC(=O)c2cn3cc(Br)ccc3n2)cc1. The lowest BCUT2D eigenvalue weighted by Crippen LogP contribution is -2.23. The van der Waals surface area contributed by atoms with Gasteiger partial charge in [0.25, 0.3) is 5.91 Å². The van der Waals surface area contributed by atoms with Crippen molar-refractivity contribution in [3.8, 4) is 0 Å². The number of carbonyl (C=O) groups is 1. The van der Waals surface area contributed by atoms with Crippen LogP contribution >= 0.6 is 15.9 Å². The zero-order valence-corrected chi connectivity index (χ0v) is 14.7. The van der Waals surface area contributed by atoms with Crippen molar-refractivity contribution < 1.29 is 4.79 Å². The number of fused-ring (bicyclic) bond motifs is 1. The number of nitrogens with one attached hydrogen (secondary N) is 1. The van der Waals surface area contributed by atoms with Gasteiger partial charge in [-0.3, -0.25) is 4.79 Å². The molecular weight excluding hydrogens is 354 g/mol. The Kier molecular flexibility index (Phi) is 4.48. The van der Waals surface area contributed by atoms with E-state index in [4.69, 9.17) is 0 Å². The lowest BCUT2D eigenvalue weighted by atomic mass is 10.0. The van der Waals surface area contributed by atoms with Crippen molar-refractivity contribution in [2.45, 2.75) is 26.3 Å². The first-order chi connectivity index (χ1) is 11.0. The topological polar surface area (TPSA) is 46.4 Å². The molecule has 1 amide bonds. The van der Waals surface area contributed by atoms with E-state index in [2.05, 4.69) is 64.3 Å². The van der Waals surface area contributed by atoms with Gasteiger partial charge < -0.3 is 9.72 Å². The normalized spacial score (nSPS) is 11.1. The van der Waals surface area contributed by atoms with E-state index in [1.807, 2.05) is 22.7 Å². The Morgan fingerprint density at radius 2 is 1.91 bits per heavy atom. The third kappa shape index (κ3) is 3.62. The van der Waals surface area contributed by atoms with E-state index in [-0.39, 0.29) is 5.91 Å². The maximum Gasteiger partial charge on any atom is 0.271 e. The van der Waals surface area contributed by atoms with Gasteiger partial charge in [0.05, 0.1) is 0 Å². The summed E-state index contributed by atoms with van der Waals surface area (Å²) in [6.45, 7) is 4.83. The number of halogens is 1. The number of imidazole rings is 1. The van der Waals surface area contributed by atoms with Crippen LogP contribution in [0.2, 0.25) is 0 Å². The molecule has 2 heterocycles. The van der Waals surface area contributed by atoms with Crippen molar-refractivity contribution in [1.29, 1.82) is 0 Å². The summed E-state index contributed by atoms with van der Waals surface area (Å²) in [7, 11) is 0. The average molecular weight is 372 g/mol. The molecule has 0 bridgehead atoms. The average Bonchev–Trinajstić information content (AvgIpc) is 2.96. The highest BCUT2D eigenvalue weighted by molar-refractivity contribution is 9.10. The van der Waals surface area contributed by atoms with Gasteiger partial charge in [-0.2, -0.15) is 0 Å². The molecule has 0 aliphatic heterocycles. The zero-order chi connectivity index (χ0) is 16.4. The summed E-state index contributed by atoms with van der Waals surface area (Å²) in [6.07, 6.45) is 3.61. The van der Waals surface area contributed by atoms with Crippen LogP contribution in [0.4, 0.5) is 0 Å². The van der Waals surface area contributed by atoms with Crippen LogP contribution in [0, 0.1) is 0 Å². The highest BCUT2D eigenvalue weighted by Crippen LogP contribution is 2.15. The minimum atomic E-state index is -0.169. The second kappa shape index (κ2) is 6.54. The molecule has 0 aliphatic carbocycles. The minimum Gasteiger partial charge on any atom is -0.347 e. The predicted octanol–water partition coefficient (Wildman–Crippen LogP) is 4.15. The monoisotopic (exact) mass is 371 g/mol. The molecule has 0 aliphatic rings. The Morgan fingerprint density at radius 1 is 1.17 bits per heavy atom. The Labute approximate surface area is 143 Å². The van der Waals surface area contributed by atoms with Crippen molar-refractivity contribution in [3.05, 3.63) is 70.1 Å². The number of benzene rings is 1. The minimum absolute atomic E-state index is 0.169. The highest BCUT2D eigenvalue weighted by Gasteiger charge is 2.10. The molecule has 3 rings (SSSR count). The maximum absolute atomic E-state index is 12.2. The van der Waals surface area contributed by atoms with Gasteiger partial charge in [0.1, 0.15) is 11.3 Å². The van der Waals surface area contributed by atoms with Crippen LogP contribution in [-0.4, -0.2) is 15.3 Å². The maximum atomic E-state index is 12.2. The van der Waals surface area contributed by atoms with E-state index in [0.29, 0.717) is 18.2 Å². The first-order valence-electron chi connectivity index (χ1n) is 7.54. The van der Waals surface area contributed by atoms with Crippen LogP contribution in [0.5, 0.6) is 0 Å². The summed E-state index contributed by atoms with van der Waals surface area (Å²) in [5.74, 6) is 0.341. The van der Waals surface area contributed by atoms with Crippen LogP contribution < -0.4 is 5.32 Å². The van der Waals surface area contributed by atoms with Gasteiger partial charge in [-0.15, -0.1) is 0 Å². The number of hydrogen-bond acceptors (Lipinski definition) is 2. The zero-order valence-electron chi connectivity index (χ0n) is 13.1. The second-order valence-electron chi connectivity index (χ2n) is 5.82. The van der Waals surface area contributed by atoms with E-state index in [0.717, 1.165) is 15.7 Å². The van der Waals surface area contributed by atoms with Crippen LogP contribution in [-0.2, 0) is 6.54 Å². The molecule has 5 heteroatoms. The lowest BCUT2D eigenvalue weighted by molar-refractivity contribution is 0.0946. The fourth-order valence-electron chi connectivity index (χ4n) is 2.37. The standard InChI is InChI=1S/C18H18BrN3O/c1-12(2)14-5-3-13(4-6-14)9-20-18(23)16-11-22-10-15(19)7-8-17(22)21-16/h3-8,10-12H,9H2,1-2H3,(H,20,23). The molecule has 3 aromatic rings. The molecule has 0 unspecified atom stereocenters. The quantitative estimate of drug-likeness (QED) is 0.748. The molecule has 2 aromatic heterocycles. The van der Waals surface area contributed by atoms with E-state index in [1.54, 1.807) is 6.20 Å². The van der Waals surface area contributed by atoms with Gasteiger partial charge in [0.2, 0.25) is 0 Å². The molecule has 1 N–H and O–H groups in total. The van der Waals surface area contributed by atoms with Gasteiger partial charge in [0, 0.05) is 23.4 Å².